The van der Waals surface area contributed by atoms with Crippen LogP contribution in [-0.2, 0) is 16.0 Å². The summed E-state index contributed by atoms with van der Waals surface area (Å²) in [5.74, 6) is -1.04. The molecule has 1 aromatic heterocycles. The number of rotatable bonds is 7. The van der Waals surface area contributed by atoms with E-state index in [0.29, 0.717) is 41.9 Å². The van der Waals surface area contributed by atoms with Crippen LogP contribution < -0.4 is 16.0 Å². The first kappa shape index (κ1) is 27.3. The van der Waals surface area contributed by atoms with Gasteiger partial charge in [0.2, 0.25) is 5.91 Å². The zero-order chi connectivity index (χ0) is 28.4. The predicted molar refractivity (Wildman–Crippen MR) is 148 cm³/mol. The molecule has 2 aliphatic rings. The highest BCUT2D eigenvalue weighted by atomic mass is 19.1. The standard InChI is InChI=1S/C29H33FN6O4/c1-3-29(40)11-4-12-36(16-29)24(37)10-6-18-13-19(5-8-22(18)30)26-25(17(2)32-28(39)34-26)27(38)33-21-7-9-23-20(14-21)15-31-35-23/h5,7-9,13-15,26,40H,3-4,6,10-12,16H2,1-2H3,(H,31,35)(H,33,38)(H2,32,34,39). The molecular weight excluding hydrogens is 515 g/mol. The molecule has 4 amide bonds. The Bertz CT molecular complexity index is 1500. The Balaban J connectivity index is 1.34. The van der Waals surface area contributed by atoms with E-state index in [0.717, 1.165) is 17.3 Å². The van der Waals surface area contributed by atoms with Gasteiger partial charge in [-0.1, -0.05) is 19.1 Å². The molecule has 10 nitrogen and oxygen atoms in total. The van der Waals surface area contributed by atoms with E-state index in [4.69, 9.17) is 0 Å². The van der Waals surface area contributed by atoms with Crippen LogP contribution in [0, 0.1) is 5.82 Å². The number of benzene rings is 2. The third-order valence-corrected chi connectivity index (χ3v) is 7.79. The van der Waals surface area contributed by atoms with Crippen molar-refractivity contribution in [3.8, 4) is 0 Å². The average Bonchev–Trinajstić information content (AvgIpc) is 3.40. The summed E-state index contributed by atoms with van der Waals surface area (Å²) in [6, 6.07) is 8.44. The number of aliphatic hydroxyl groups is 1. The molecule has 0 saturated carbocycles. The third-order valence-electron chi connectivity index (χ3n) is 7.79. The van der Waals surface area contributed by atoms with Crippen molar-refractivity contribution in [3.05, 3.63) is 70.8 Å². The fourth-order valence-electron chi connectivity index (χ4n) is 5.44. The molecule has 5 N–H and O–H groups in total. The molecule has 0 bridgehead atoms. The number of likely N-dealkylation sites (tertiary alicyclic amines) is 1. The summed E-state index contributed by atoms with van der Waals surface area (Å²) in [4.78, 5) is 40.4. The molecule has 1 fully saturated rings. The third kappa shape index (κ3) is 5.69. The Hall–Kier alpha value is -4.25. The van der Waals surface area contributed by atoms with Gasteiger partial charge >= 0.3 is 6.03 Å². The van der Waals surface area contributed by atoms with Crippen molar-refractivity contribution in [1.82, 2.24) is 25.7 Å². The monoisotopic (exact) mass is 548 g/mol. The van der Waals surface area contributed by atoms with E-state index in [2.05, 4.69) is 26.1 Å². The minimum atomic E-state index is -0.877. The number of hydrogen-bond donors (Lipinski definition) is 5. The second-order valence-corrected chi connectivity index (χ2v) is 10.5. The number of urea groups is 1. The molecule has 1 saturated heterocycles. The highest BCUT2D eigenvalue weighted by Gasteiger charge is 2.34. The average molecular weight is 549 g/mol. The molecule has 11 heteroatoms. The number of carbonyl (C=O) groups excluding carboxylic acids is 3. The van der Waals surface area contributed by atoms with Crippen molar-refractivity contribution >= 4 is 34.4 Å². The number of fused-ring (bicyclic) bond motifs is 1. The summed E-state index contributed by atoms with van der Waals surface area (Å²) >= 11 is 0. The summed E-state index contributed by atoms with van der Waals surface area (Å²) in [5, 5.41) is 26.6. The number of piperidine rings is 1. The smallest absolute Gasteiger partial charge is 0.319 e. The van der Waals surface area contributed by atoms with Gasteiger partial charge in [-0.25, -0.2) is 9.18 Å². The van der Waals surface area contributed by atoms with E-state index in [9.17, 15) is 23.9 Å². The quantitative estimate of drug-likeness (QED) is 0.307. The van der Waals surface area contributed by atoms with Crippen LogP contribution in [0.15, 0.2) is 53.9 Å². The lowest BCUT2D eigenvalue weighted by Crippen LogP contribution is -2.50. The zero-order valence-corrected chi connectivity index (χ0v) is 22.5. The molecular formula is C29H33FN6O4. The molecule has 210 valence electrons. The van der Waals surface area contributed by atoms with Gasteiger partial charge in [-0.3, -0.25) is 14.7 Å². The summed E-state index contributed by atoms with van der Waals surface area (Å²) in [5.41, 5.74) is 2.00. The number of allylic oxidation sites excluding steroid dienone is 1. The first-order valence-corrected chi connectivity index (χ1v) is 13.5. The number of anilines is 1. The van der Waals surface area contributed by atoms with E-state index < -0.39 is 29.4 Å². The SMILES string of the molecule is CCC1(O)CCCN(C(=O)CCc2cc(C3NC(=O)NC(C)=C3C(=O)Nc3ccc4[nH]ncc4c3)ccc2F)C1. The van der Waals surface area contributed by atoms with Crippen LogP contribution in [0.4, 0.5) is 14.9 Å². The normalized spacial score (nSPS) is 21.2. The number of β-amino-alcohol motifs (C(OH)–C–C–N with tert-alkyl or cyclic N) is 1. The largest absolute Gasteiger partial charge is 0.388 e. The number of hydrogen-bond acceptors (Lipinski definition) is 5. The number of aromatic amines is 1. The summed E-state index contributed by atoms with van der Waals surface area (Å²) in [6.07, 6.45) is 3.83. The van der Waals surface area contributed by atoms with E-state index in [1.165, 1.54) is 12.1 Å². The number of nitrogens with one attached hydrogen (secondary N) is 4. The molecule has 3 aromatic rings. The van der Waals surface area contributed by atoms with Crippen molar-refractivity contribution in [2.45, 2.75) is 57.6 Å². The number of carbonyl (C=O) groups is 3. The fourth-order valence-corrected chi connectivity index (χ4v) is 5.44. The highest BCUT2D eigenvalue weighted by molar-refractivity contribution is 6.07. The van der Waals surface area contributed by atoms with Gasteiger partial charge in [0.1, 0.15) is 5.82 Å². The van der Waals surface area contributed by atoms with Gasteiger partial charge in [-0.15, -0.1) is 0 Å². The Kier molecular flexibility index (Phi) is 7.57. The van der Waals surface area contributed by atoms with Crippen LogP contribution in [0.5, 0.6) is 0 Å². The van der Waals surface area contributed by atoms with Gasteiger partial charge in [-0.05, 0) is 68.0 Å². The van der Waals surface area contributed by atoms with Crippen LogP contribution in [0.25, 0.3) is 10.9 Å². The number of aryl methyl sites for hydroxylation is 1. The molecule has 2 aromatic carbocycles. The Labute approximate surface area is 231 Å². The highest BCUT2D eigenvalue weighted by Crippen LogP contribution is 2.30. The second-order valence-electron chi connectivity index (χ2n) is 10.5. The van der Waals surface area contributed by atoms with Crippen molar-refractivity contribution in [2.24, 2.45) is 0 Å². The fraction of sp³-hybridized carbons (Fsp3) is 0.379. The first-order chi connectivity index (χ1) is 19.2. The maximum atomic E-state index is 14.8. The summed E-state index contributed by atoms with van der Waals surface area (Å²) < 4.78 is 14.8. The molecule has 0 aliphatic carbocycles. The Morgan fingerprint density at radius 1 is 1.25 bits per heavy atom. The van der Waals surface area contributed by atoms with Crippen LogP contribution in [0.1, 0.15) is 56.7 Å². The van der Waals surface area contributed by atoms with Gasteiger partial charge in [0, 0.05) is 36.3 Å². The van der Waals surface area contributed by atoms with Crippen molar-refractivity contribution < 1.29 is 23.9 Å². The molecule has 0 spiro atoms. The van der Waals surface area contributed by atoms with Crippen LogP contribution >= 0.6 is 0 Å². The molecule has 2 atom stereocenters. The van der Waals surface area contributed by atoms with E-state index in [1.54, 1.807) is 42.3 Å². The number of amides is 4. The molecule has 2 aliphatic heterocycles. The summed E-state index contributed by atoms with van der Waals surface area (Å²) in [6.45, 7) is 4.39. The van der Waals surface area contributed by atoms with E-state index in [-0.39, 0.29) is 30.9 Å². The van der Waals surface area contributed by atoms with Crippen LogP contribution in [0.3, 0.4) is 0 Å². The van der Waals surface area contributed by atoms with Crippen molar-refractivity contribution in [2.75, 3.05) is 18.4 Å². The lowest BCUT2D eigenvalue weighted by atomic mass is 9.90. The predicted octanol–water partition coefficient (Wildman–Crippen LogP) is 3.66. The number of H-pyrrole nitrogens is 1. The summed E-state index contributed by atoms with van der Waals surface area (Å²) in [7, 11) is 0. The Morgan fingerprint density at radius 2 is 2.08 bits per heavy atom. The maximum Gasteiger partial charge on any atom is 0.319 e. The molecule has 5 rings (SSSR count). The second kappa shape index (κ2) is 11.1. The molecule has 0 radical (unpaired) electrons. The van der Waals surface area contributed by atoms with Crippen LogP contribution in [-0.4, -0.2) is 56.7 Å². The van der Waals surface area contributed by atoms with Gasteiger partial charge in [0.25, 0.3) is 5.91 Å². The Morgan fingerprint density at radius 3 is 2.88 bits per heavy atom. The number of halogens is 1. The van der Waals surface area contributed by atoms with Crippen molar-refractivity contribution in [1.29, 1.82) is 0 Å². The van der Waals surface area contributed by atoms with Gasteiger partial charge in [0.15, 0.2) is 0 Å². The van der Waals surface area contributed by atoms with Crippen LogP contribution in [0.2, 0.25) is 0 Å². The zero-order valence-electron chi connectivity index (χ0n) is 22.5. The van der Waals surface area contributed by atoms with Crippen molar-refractivity contribution in [3.63, 3.8) is 0 Å². The lowest BCUT2D eigenvalue weighted by Gasteiger charge is -2.38. The lowest BCUT2D eigenvalue weighted by molar-refractivity contribution is -0.138. The number of nitrogens with zero attached hydrogens (tertiary/aromatic N) is 2. The number of aromatic nitrogens is 2. The molecule has 2 unspecified atom stereocenters. The minimum absolute atomic E-state index is 0.0808. The minimum Gasteiger partial charge on any atom is -0.388 e. The van der Waals surface area contributed by atoms with E-state index >= 15 is 0 Å². The van der Waals surface area contributed by atoms with Gasteiger partial charge in [-0.2, -0.15) is 5.10 Å². The van der Waals surface area contributed by atoms with E-state index in [1.807, 2.05) is 6.92 Å². The molecule has 3 heterocycles. The maximum absolute atomic E-state index is 14.8. The molecule has 40 heavy (non-hydrogen) atoms. The van der Waals surface area contributed by atoms with Gasteiger partial charge < -0.3 is 26.0 Å². The van der Waals surface area contributed by atoms with Gasteiger partial charge in [0.05, 0.1) is 28.9 Å². The topological polar surface area (TPSA) is 139 Å². The first-order valence-electron chi connectivity index (χ1n) is 13.5.